The van der Waals surface area contributed by atoms with Crippen LogP contribution in [0.25, 0.3) is 0 Å². The number of nitrogens with one attached hydrogen (secondary N) is 1. The van der Waals surface area contributed by atoms with Crippen LogP contribution in [-0.4, -0.2) is 38.4 Å². The quantitative estimate of drug-likeness (QED) is 0.548. The molecule has 1 unspecified atom stereocenters. The van der Waals surface area contributed by atoms with E-state index in [-0.39, 0.29) is 5.97 Å². The van der Waals surface area contributed by atoms with Gasteiger partial charge in [0.15, 0.2) is 0 Å². The van der Waals surface area contributed by atoms with Crippen molar-refractivity contribution in [2.45, 2.75) is 57.1 Å². The first kappa shape index (κ1) is 14.5. The molecule has 1 saturated carbocycles. The van der Waals surface area contributed by atoms with E-state index in [0.29, 0.717) is 6.10 Å². The summed E-state index contributed by atoms with van der Waals surface area (Å²) in [4.78, 5) is 11.6. The fourth-order valence-corrected chi connectivity index (χ4v) is 2.29. The smallest absolute Gasteiger partial charge is 0.325 e. The van der Waals surface area contributed by atoms with Gasteiger partial charge in [0.05, 0.1) is 13.2 Å². The number of hydrogen-bond donors (Lipinski definition) is 1. The second-order valence-electron chi connectivity index (χ2n) is 4.95. The highest BCUT2D eigenvalue weighted by Crippen LogP contribution is 2.21. The highest BCUT2D eigenvalue weighted by molar-refractivity contribution is 5.80. The molecule has 100 valence electrons. The topological polar surface area (TPSA) is 47.6 Å². The van der Waals surface area contributed by atoms with Crippen molar-refractivity contribution < 1.29 is 14.3 Å². The van der Waals surface area contributed by atoms with Crippen LogP contribution in [-0.2, 0) is 14.3 Å². The maximum atomic E-state index is 11.6. The molecule has 0 amide bonds. The molecule has 0 radical (unpaired) electrons. The number of carbonyl (C=O) groups is 1. The normalized spacial score (nSPS) is 20.2. The Labute approximate surface area is 104 Å². The van der Waals surface area contributed by atoms with Gasteiger partial charge in [-0.3, -0.25) is 4.79 Å². The minimum atomic E-state index is -0.589. The summed E-state index contributed by atoms with van der Waals surface area (Å²) in [7, 11) is 3.21. The molecule has 0 spiro atoms. The molecule has 0 aromatic rings. The van der Waals surface area contributed by atoms with Crippen LogP contribution in [0.1, 0.15) is 45.4 Å². The first-order chi connectivity index (χ1) is 8.12. The van der Waals surface area contributed by atoms with Gasteiger partial charge in [0.25, 0.3) is 0 Å². The summed E-state index contributed by atoms with van der Waals surface area (Å²) in [5, 5.41) is 3.03. The van der Waals surface area contributed by atoms with Crippen LogP contribution in [0.4, 0.5) is 0 Å². The van der Waals surface area contributed by atoms with Crippen LogP contribution in [0.15, 0.2) is 0 Å². The van der Waals surface area contributed by atoms with Crippen molar-refractivity contribution in [2.24, 2.45) is 0 Å². The van der Waals surface area contributed by atoms with Crippen molar-refractivity contribution in [3.63, 3.8) is 0 Å². The Morgan fingerprint density at radius 2 is 2.06 bits per heavy atom. The zero-order valence-corrected chi connectivity index (χ0v) is 11.3. The van der Waals surface area contributed by atoms with Gasteiger partial charge >= 0.3 is 5.97 Å². The van der Waals surface area contributed by atoms with Crippen LogP contribution in [0.2, 0.25) is 0 Å². The third-order valence-electron chi connectivity index (χ3n) is 3.66. The van der Waals surface area contributed by atoms with Crippen molar-refractivity contribution in [3.8, 4) is 0 Å². The maximum absolute atomic E-state index is 11.6. The zero-order chi connectivity index (χ0) is 12.7. The molecule has 1 rings (SSSR count). The number of methoxy groups -OCH3 is 1. The molecule has 1 N–H and O–H groups in total. The van der Waals surface area contributed by atoms with Gasteiger partial charge in [0.1, 0.15) is 5.54 Å². The molecule has 1 aliphatic rings. The summed E-state index contributed by atoms with van der Waals surface area (Å²) in [5.41, 5.74) is -0.589. The largest absolute Gasteiger partial charge is 0.468 e. The molecule has 1 fully saturated rings. The predicted molar refractivity (Wildman–Crippen MR) is 66.9 cm³/mol. The van der Waals surface area contributed by atoms with Crippen molar-refractivity contribution in [2.75, 3.05) is 20.8 Å². The second kappa shape index (κ2) is 6.97. The molecule has 1 aliphatic carbocycles. The summed E-state index contributed by atoms with van der Waals surface area (Å²) in [6, 6.07) is 0. The third kappa shape index (κ3) is 4.28. The molecule has 4 nitrogen and oxygen atoms in total. The highest BCUT2D eigenvalue weighted by Gasteiger charge is 2.31. The van der Waals surface area contributed by atoms with Gasteiger partial charge in [0.2, 0.25) is 0 Å². The minimum Gasteiger partial charge on any atom is -0.468 e. The number of rotatable bonds is 7. The van der Waals surface area contributed by atoms with E-state index in [1.807, 2.05) is 6.92 Å². The van der Waals surface area contributed by atoms with Crippen molar-refractivity contribution in [3.05, 3.63) is 0 Å². The van der Waals surface area contributed by atoms with Gasteiger partial charge < -0.3 is 14.8 Å². The molecular weight excluding hydrogens is 218 g/mol. The van der Waals surface area contributed by atoms with Crippen LogP contribution in [0.3, 0.4) is 0 Å². The van der Waals surface area contributed by atoms with Crippen molar-refractivity contribution >= 4 is 5.97 Å². The summed E-state index contributed by atoms with van der Waals surface area (Å²) in [6.07, 6.45) is 7.04. The SMILES string of the molecule is CNC(C)(CCCOC1CCCC1)C(=O)OC. The lowest BCUT2D eigenvalue weighted by atomic mass is 9.96. The van der Waals surface area contributed by atoms with Crippen LogP contribution in [0.5, 0.6) is 0 Å². The van der Waals surface area contributed by atoms with E-state index < -0.39 is 5.54 Å². The van der Waals surface area contributed by atoms with E-state index in [9.17, 15) is 4.79 Å². The van der Waals surface area contributed by atoms with Crippen LogP contribution < -0.4 is 5.32 Å². The molecule has 0 heterocycles. The average Bonchev–Trinajstić information content (AvgIpc) is 2.86. The van der Waals surface area contributed by atoms with Crippen LogP contribution in [0, 0.1) is 0 Å². The molecule has 0 aliphatic heterocycles. The molecule has 1 atom stereocenters. The molecular formula is C13H25NO3. The van der Waals surface area contributed by atoms with Gasteiger partial charge in [-0.25, -0.2) is 0 Å². The number of esters is 1. The second-order valence-corrected chi connectivity index (χ2v) is 4.95. The van der Waals surface area contributed by atoms with Crippen molar-refractivity contribution in [1.29, 1.82) is 0 Å². The van der Waals surface area contributed by atoms with E-state index >= 15 is 0 Å². The Morgan fingerprint density at radius 3 is 2.59 bits per heavy atom. The summed E-state index contributed by atoms with van der Waals surface area (Å²) >= 11 is 0. The van der Waals surface area contributed by atoms with Gasteiger partial charge in [-0.05, 0) is 39.7 Å². The number of ether oxygens (including phenoxy) is 2. The Balaban J connectivity index is 2.20. The zero-order valence-electron chi connectivity index (χ0n) is 11.3. The number of carbonyl (C=O) groups excluding carboxylic acids is 1. The Hall–Kier alpha value is -0.610. The molecule has 0 aromatic heterocycles. The average molecular weight is 243 g/mol. The molecule has 17 heavy (non-hydrogen) atoms. The summed E-state index contributed by atoms with van der Waals surface area (Å²) in [5.74, 6) is -0.208. The Bertz CT molecular complexity index is 239. The third-order valence-corrected chi connectivity index (χ3v) is 3.66. The van der Waals surface area contributed by atoms with E-state index in [1.165, 1.54) is 32.8 Å². The Kier molecular flexibility index (Phi) is 5.92. The standard InChI is InChI=1S/C13H25NO3/c1-13(14-2,12(15)16-3)9-6-10-17-11-7-4-5-8-11/h11,14H,4-10H2,1-3H3. The molecule has 4 heteroatoms. The maximum Gasteiger partial charge on any atom is 0.325 e. The fourth-order valence-electron chi connectivity index (χ4n) is 2.29. The van der Waals surface area contributed by atoms with E-state index in [2.05, 4.69) is 5.32 Å². The van der Waals surface area contributed by atoms with Crippen LogP contribution >= 0.6 is 0 Å². The molecule has 0 saturated heterocycles. The summed E-state index contributed by atoms with van der Waals surface area (Å²) in [6.45, 7) is 2.60. The van der Waals surface area contributed by atoms with E-state index in [1.54, 1.807) is 7.05 Å². The molecule has 0 bridgehead atoms. The molecule has 0 aromatic carbocycles. The highest BCUT2D eigenvalue weighted by atomic mass is 16.5. The minimum absolute atomic E-state index is 0.208. The van der Waals surface area contributed by atoms with E-state index in [4.69, 9.17) is 9.47 Å². The number of likely N-dealkylation sites (N-methyl/N-ethyl adjacent to an activating group) is 1. The monoisotopic (exact) mass is 243 g/mol. The lowest BCUT2D eigenvalue weighted by molar-refractivity contribution is -0.148. The first-order valence-corrected chi connectivity index (χ1v) is 6.51. The Morgan fingerprint density at radius 1 is 1.41 bits per heavy atom. The first-order valence-electron chi connectivity index (χ1n) is 6.51. The van der Waals surface area contributed by atoms with Gasteiger partial charge in [-0.2, -0.15) is 0 Å². The fraction of sp³-hybridized carbons (Fsp3) is 0.923. The predicted octanol–water partition coefficient (Wildman–Crippen LogP) is 1.88. The number of hydrogen-bond acceptors (Lipinski definition) is 4. The summed E-state index contributed by atoms with van der Waals surface area (Å²) < 4.78 is 10.6. The van der Waals surface area contributed by atoms with Gasteiger partial charge in [0, 0.05) is 6.61 Å². The van der Waals surface area contributed by atoms with Gasteiger partial charge in [-0.1, -0.05) is 12.8 Å². The van der Waals surface area contributed by atoms with E-state index in [0.717, 1.165) is 19.4 Å². The lowest BCUT2D eigenvalue weighted by Gasteiger charge is -2.26. The van der Waals surface area contributed by atoms with Crippen molar-refractivity contribution in [1.82, 2.24) is 5.32 Å². The lowest BCUT2D eigenvalue weighted by Crippen LogP contribution is -2.48. The van der Waals surface area contributed by atoms with Gasteiger partial charge in [-0.15, -0.1) is 0 Å².